The van der Waals surface area contributed by atoms with Gasteiger partial charge in [-0.15, -0.1) is 0 Å². The smallest absolute Gasteiger partial charge is 0.408 e. The fourth-order valence-corrected chi connectivity index (χ4v) is 3.70. The van der Waals surface area contributed by atoms with Crippen LogP contribution in [0.1, 0.15) is 52.7 Å². The number of ether oxygens (including phenoxy) is 2. The molecule has 0 heterocycles. The van der Waals surface area contributed by atoms with Crippen molar-refractivity contribution in [2.24, 2.45) is 0 Å². The van der Waals surface area contributed by atoms with Crippen LogP contribution in [0.5, 0.6) is 0 Å². The molecule has 43 heavy (non-hydrogen) atoms. The minimum absolute atomic E-state index is 0.00861. The van der Waals surface area contributed by atoms with Gasteiger partial charge in [0.15, 0.2) is 0 Å². The van der Waals surface area contributed by atoms with Crippen molar-refractivity contribution in [2.45, 2.75) is 77.7 Å². The second-order valence-corrected chi connectivity index (χ2v) is 11.7. The molecule has 0 aliphatic carbocycles. The average Bonchev–Trinajstić information content (AvgIpc) is 2.90. The molecule has 0 saturated heterocycles. The number of nitrogens with one attached hydrogen (secondary N) is 4. The highest BCUT2D eigenvalue weighted by molar-refractivity contribution is 6.38. The number of hydrogen-bond donors (Lipinski definition) is 4. The van der Waals surface area contributed by atoms with Crippen LogP contribution in [0.25, 0.3) is 0 Å². The fraction of sp³-hybridized carbons (Fsp3) is 0.419. The number of urea groups is 1. The van der Waals surface area contributed by atoms with Crippen LogP contribution in [0.3, 0.4) is 0 Å². The standard InChI is InChI=1S/C31H40N4O8/c1-30(2,3)42-27(39)25(37)23(18-21-15-11-8-12-16-21)34-28(40)33-19-32-26(38)24(36)22(17-20-13-9-7-10-14-20)35-29(41)43-31(4,5)6/h7-16,22-23H,17-19H2,1-6H3,(H,32,38)(H,35,41)(H2,33,34,40)/t22-,23+/m0/s1. The van der Waals surface area contributed by atoms with E-state index in [1.165, 1.54) is 0 Å². The van der Waals surface area contributed by atoms with E-state index in [1.807, 2.05) is 0 Å². The molecule has 12 nitrogen and oxygen atoms in total. The molecule has 0 fully saturated rings. The molecule has 0 unspecified atom stereocenters. The van der Waals surface area contributed by atoms with Crippen LogP contribution in [0.2, 0.25) is 0 Å². The number of Topliss-reactive ketones (excluding diaryl/α,β-unsaturated/α-hetero) is 2. The Bertz CT molecular complexity index is 1280. The molecule has 2 atom stereocenters. The molecule has 0 bridgehead atoms. The Kier molecular flexibility index (Phi) is 12.4. The third kappa shape index (κ3) is 13.2. The van der Waals surface area contributed by atoms with E-state index in [0.717, 1.165) is 0 Å². The lowest BCUT2D eigenvalue weighted by atomic mass is 10.0. The maximum Gasteiger partial charge on any atom is 0.408 e. The van der Waals surface area contributed by atoms with Crippen molar-refractivity contribution in [3.63, 3.8) is 0 Å². The topological polar surface area (TPSA) is 169 Å². The van der Waals surface area contributed by atoms with E-state index in [9.17, 15) is 28.8 Å². The number of amides is 4. The number of ketones is 2. The normalized spacial score (nSPS) is 12.6. The SMILES string of the molecule is CC(C)(C)OC(=O)N[C@@H](Cc1ccccc1)C(=O)C(=O)NCNC(=O)N[C@H](Cc1ccccc1)C(=O)C(=O)OC(C)(C)C. The molecule has 2 aromatic carbocycles. The number of carbonyl (C=O) groups is 6. The Balaban J connectivity index is 2.03. The van der Waals surface area contributed by atoms with Crippen LogP contribution in [0, 0.1) is 0 Å². The van der Waals surface area contributed by atoms with E-state index in [0.29, 0.717) is 11.1 Å². The summed E-state index contributed by atoms with van der Waals surface area (Å²) >= 11 is 0. The predicted molar refractivity (Wildman–Crippen MR) is 158 cm³/mol. The highest BCUT2D eigenvalue weighted by Crippen LogP contribution is 2.11. The summed E-state index contributed by atoms with van der Waals surface area (Å²) in [5, 5.41) is 9.48. The van der Waals surface area contributed by atoms with Gasteiger partial charge in [-0.2, -0.15) is 0 Å². The average molecular weight is 597 g/mol. The van der Waals surface area contributed by atoms with Crippen molar-refractivity contribution in [2.75, 3.05) is 6.67 Å². The van der Waals surface area contributed by atoms with Crippen molar-refractivity contribution in [3.8, 4) is 0 Å². The van der Waals surface area contributed by atoms with Crippen molar-refractivity contribution in [1.29, 1.82) is 0 Å². The van der Waals surface area contributed by atoms with Gasteiger partial charge in [0.1, 0.15) is 23.3 Å². The van der Waals surface area contributed by atoms with Gasteiger partial charge in [0, 0.05) is 12.8 Å². The first-order valence-corrected chi connectivity index (χ1v) is 13.7. The third-order valence-corrected chi connectivity index (χ3v) is 5.52. The lowest BCUT2D eigenvalue weighted by Crippen LogP contribution is -2.54. The van der Waals surface area contributed by atoms with Crippen molar-refractivity contribution >= 4 is 35.6 Å². The van der Waals surface area contributed by atoms with Gasteiger partial charge in [0.25, 0.3) is 11.7 Å². The van der Waals surface area contributed by atoms with Gasteiger partial charge < -0.3 is 30.7 Å². The molecular formula is C31H40N4O8. The zero-order valence-electron chi connectivity index (χ0n) is 25.3. The monoisotopic (exact) mass is 596 g/mol. The lowest BCUT2D eigenvalue weighted by Gasteiger charge is -2.23. The van der Waals surface area contributed by atoms with Crippen LogP contribution >= 0.6 is 0 Å². The van der Waals surface area contributed by atoms with Gasteiger partial charge in [-0.05, 0) is 52.7 Å². The van der Waals surface area contributed by atoms with Crippen LogP contribution in [-0.2, 0) is 41.5 Å². The fourth-order valence-electron chi connectivity index (χ4n) is 3.70. The number of alkyl carbamates (subject to hydrolysis) is 1. The molecule has 0 spiro atoms. The second-order valence-electron chi connectivity index (χ2n) is 11.7. The summed E-state index contributed by atoms with van der Waals surface area (Å²) in [5.74, 6) is -4.08. The van der Waals surface area contributed by atoms with E-state index < -0.39 is 65.5 Å². The number of rotatable bonds is 12. The number of benzene rings is 2. The molecule has 4 amide bonds. The van der Waals surface area contributed by atoms with Crippen molar-refractivity contribution in [3.05, 3.63) is 71.8 Å². The lowest BCUT2D eigenvalue weighted by molar-refractivity contribution is -0.163. The third-order valence-electron chi connectivity index (χ3n) is 5.52. The molecule has 0 aliphatic rings. The highest BCUT2D eigenvalue weighted by Gasteiger charge is 2.32. The maximum absolute atomic E-state index is 13.0. The Morgan fingerprint density at radius 2 is 1.09 bits per heavy atom. The van der Waals surface area contributed by atoms with Crippen LogP contribution < -0.4 is 21.3 Å². The van der Waals surface area contributed by atoms with Gasteiger partial charge >= 0.3 is 18.1 Å². The maximum atomic E-state index is 13.0. The Labute approximate surface area is 251 Å². The second kappa shape index (κ2) is 15.5. The molecular weight excluding hydrogens is 556 g/mol. The first kappa shape index (κ1) is 34.5. The van der Waals surface area contributed by atoms with Gasteiger partial charge in [-0.1, -0.05) is 60.7 Å². The summed E-state index contributed by atoms with van der Waals surface area (Å²) in [6.07, 6.45) is -0.839. The first-order chi connectivity index (χ1) is 20.0. The van der Waals surface area contributed by atoms with E-state index >= 15 is 0 Å². The summed E-state index contributed by atoms with van der Waals surface area (Å²) in [5.41, 5.74) is -0.362. The molecule has 232 valence electrons. The van der Waals surface area contributed by atoms with Crippen molar-refractivity contribution < 1.29 is 38.2 Å². The molecule has 2 aromatic rings. The molecule has 12 heteroatoms. The predicted octanol–water partition coefficient (Wildman–Crippen LogP) is 2.59. The Hall–Kier alpha value is -4.74. The van der Waals surface area contributed by atoms with Crippen LogP contribution in [-0.4, -0.2) is 65.5 Å². The van der Waals surface area contributed by atoms with Crippen molar-refractivity contribution in [1.82, 2.24) is 21.3 Å². The molecule has 0 radical (unpaired) electrons. The van der Waals surface area contributed by atoms with Crippen LogP contribution in [0.15, 0.2) is 60.7 Å². The highest BCUT2D eigenvalue weighted by atomic mass is 16.6. The van der Waals surface area contributed by atoms with E-state index in [-0.39, 0.29) is 12.8 Å². The zero-order chi connectivity index (χ0) is 32.2. The van der Waals surface area contributed by atoms with E-state index in [4.69, 9.17) is 9.47 Å². The van der Waals surface area contributed by atoms with Gasteiger partial charge in [-0.25, -0.2) is 14.4 Å². The number of carbonyl (C=O) groups excluding carboxylic acids is 6. The summed E-state index contributed by atoms with van der Waals surface area (Å²) < 4.78 is 10.4. The van der Waals surface area contributed by atoms with Crippen LogP contribution in [0.4, 0.5) is 9.59 Å². The quantitative estimate of drug-likeness (QED) is 0.165. The Morgan fingerprint density at radius 1 is 0.628 bits per heavy atom. The molecule has 0 aliphatic heterocycles. The first-order valence-electron chi connectivity index (χ1n) is 13.7. The summed E-state index contributed by atoms with van der Waals surface area (Å²) in [7, 11) is 0. The molecule has 4 N–H and O–H groups in total. The largest absolute Gasteiger partial charge is 0.454 e. The minimum Gasteiger partial charge on any atom is -0.454 e. The van der Waals surface area contributed by atoms with E-state index in [1.54, 1.807) is 102 Å². The molecule has 0 saturated carbocycles. The summed E-state index contributed by atoms with van der Waals surface area (Å²) in [6, 6.07) is 14.2. The number of hydrogen-bond acceptors (Lipinski definition) is 8. The minimum atomic E-state index is -1.26. The Morgan fingerprint density at radius 3 is 1.56 bits per heavy atom. The molecule has 2 rings (SSSR count). The van der Waals surface area contributed by atoms with Gasteiger partial charge in [0.05, 0.1) is 6.67 Å². The zero-order valence-corrected chi connectivity index (χ0v) is 25.3. The number of esters is 1. The van der Waals surface area contributed by atoms with E-state index in [2.05, 4.69) is 21.3 Å². The van der Waals surface area contributed by atoms with Gasteiger partial charge in [0.2, 0.25) is 5.78 Å². The molecule has 0 aromatic heterocycles. The summed E-state index contributed by atoms with van der Waals surface area (Å²) in [4.78, 5) is 75.9. The van der Waals surface area contributed by atoms with Gasteiger partial charge in [-0.3, -0.25) is 14.4 Å². The summed E-state index contributed by atoms with van der Waals surface area (Å²) in [6.45, 7) is 9.34.